The summed E-state index contributed by atoms with van der Waals surface area (Å²) in [6.07, 6.45) is 0.372. The lowest BCUT2D eigenvalue weighted by molar-refractivity contribution is -0.120. The Bertz CT molecular complexity index is 353. The fraction of sp³-hybridized carbons (Fsp3) is 0.900. The van der Waals surface area contributed by atoms with Crippen LogP contribution in [-0.2, 0) is 14.8 Å². The Balaban J connectivity index is 2.26. The third-order valence-corrected chi connectivity index (χ3v) is 5.46. The molecule has 0 saturated carbocycles. The van der Waals surface area contributed by atoms with Gasteiger partial charge in [-0.1, -0.05) is 0 Å². The lowest BCUT2D eigenvalue weighted by Crippen LogP contribution is -2.42. The molecule has 8 heteroatoms. The van der Waals surface area contributed by atoms with Crippen LogP contribution in [0.2, 0.25) is 0 Å². The number of nitrogens with zero attached hydrogens (tertiary/aromatic N) is 1. The average Bonchev–Trinajstić information content (AvgIpc) is 2.37. The normalized spacial score (nSPS) is 17.6. The zero-order valence-electron chi connectivity index (χ0n) is 10.6. The Morgan fingerprint density at radius 1 is 1.28 bits per heavy atom. The van der Waals surface area contributed by atoms with Gasteiger partial charge in [0.2, 0.25) is 15.9 Å². The van der Waals surface area contributed by atoms with Crippen LogP contribution >= 0.6 is 11.8 Å². The van der Waals surface area contributed by atoms with Crippen molar-refractivity contribution in [3.63, 3.8) is 0 Å². The van der Waals surface area contributed by atoms with E-state index in [4.69, 9.17) is 0 Å². The van der Waals surface area contributed by atoms with Gasteiger partial charge in [0.1, 0.15) is 0 Å². The van der Waals surface area contributed by atoms with Crippen molar-refractivity contribution in [2.24, 2.45) is 0 Å². The van der Waals surface area contributed by atoms with E-state index < -0.39 is 10.0 Å². The predicted octanol–water partition coefficient (Wildman–Crippen LogP) is -0.909. The molecule has 1 rings (SSSR count). The molecule has 1 fully saturated rings. The number of carbonyl (C=O) groups excluding carboxylic acids is 1. The van der Waals surface area contributed by atoms with Crippen molar-refractivity contribution in [2.45, 2.75) is 6.42 Å². The van der Waals surface area contributed by atoms with Gasteiger partial charge in [0.15, 0.2) is 0 Å². The average molecular weight is 295 g/mol. The van der Waals surface area contributed by atoms with Crippen molar-refractivity contribution in [2.75, 3.05) is 50.5 Å². The second kappa shape index (κ2) is 7.98. The minimum absolute atomic E-state index is 0.0110. The number of nitrogens with one attached hydrogen (secondary N) is 2. The first-order valence-electron chi connectivity index (χ1n) is 6.03. The summed E-state index contributed by atoms with van der Waals surface area (Å²) in [4.78, 5) is 11.3. The maximum atomic E-state index is 11.9. The lowest BCUT2D eigenvalue weighted by Gasteiger charge is -2.25. The highest BCUT2D eigenvalue weighted by Crippen LogP contribution is 2.12. The van der Waals surface area contributed by atoms with Gasteiger partial charge in [0, 0.05) is 44.1 Å². The fourth-order valence-electron chi connectivity index (χ4n) is 1.60. The zero-order valence-corrected chi connectivity index (χ0v) is 12.3. The molecule has 1 saturated heterocycles. The number of sulfonamides is 1. The summed E-state index contributed by atoms with van der Waals surface area (Å²) < 4.78 is 25.4. The summed E-state index contributed by atoms with van der Waals surface area (Å²) in [5, 5.41) is 5.49. The molecule has 2 N–H and O–H groups in total. The van der Waals surface area contributed by atoms with E-state index in [0.29, 0.717) is 26.1 Å². The van der Waals surface area contributed by atoms with Gasteiger partial charge in [-0.3, -0.25) is 4.79 Å². The fourth-order valence-corrected chi connectivity index (χ4v) is 4.09. The molecule has 0 spiro atoms. The third kappa shape index (κ3) is 5.55. The molecule has 0 aromatic rings. The van der Waals surface area contributed by atoms with E-state index in [1.54, 1.807) is 18.8 Å². The largest absolute Gasteiger partial charge is 0.355 e. The molecule has 0 atom stereocenters. The number of hydrogen-bond donors (Lipinski definition) is 2. The van der Waals surface area contributed by atoms with E-state index >= 15 is 0 Å². The van der Waals surface area contributed by atoms with Gasteiger partial charge in [-0.15, -0.1) is 0 Å². The zero-order chi connectivity index (χ0) is 13.4. The first-order valence-corrected chi connectivity index (χ1v) is 8.79. The van der Waals surface area contributed by atoms with Crippen molar-refractivity contribution in [1.82, 2.24) is 14.9 Å². The Kier molecular flexibility index (Phi) is 6.98. The highest BCUT2D eigenvalue weighted by atomic mass is 32.2. The van der Waals surface area contributed by atoms with Gasteiger partial charge in [-0.2, -0.15) is 11.8 Å². The van der Waals surface area contributed by atoms with E-state index in [-0.39, 0.29) is 18.2 Å². The molecule has 0 bridgehead atoms. The van der Waals surface area contributed by atoms with Crippen LogP contribution in [0.3, 0.4) is 0 Å². The molecule has 1 heterocycles. The van der Waals surface area contributed by atoms with Gasteiger partial charge in [0.05, 0.1) is 5.75 Å². The first-order chi connectivity index (χ1) is 8.56. The Labute approximate surface area is 113 Å². The number of carbonyl (C=O) groups is 1. The van der Waals surface area contributed by atoms with Crippen molar-refractivity contribution in [3.05, 3.63) is 0 Å². The third-order valence-electron chi connectivity index (χ3n) is 2.65. The minimum Gasteiger partial charge on any atom is -0.355 e. The van der Waals surface area contributed by atoms with Gasteiger partial charge in [0.25, 0.3) is 0 Å². The van der Waals surface area contributed by atoms with E-state index in [9.17, 15) is 13.2 Å². The molecule has 1 amide bonds. The number of rotatable bonds is 7. The molecule has 18 heavy (non-hydrogen) atoms. The first kappa shape index (κ1) is 15.7. The second-order valence-electron chi connectivity index (χ2n) is 4.03. The molecule has 0 aromatic heterocycles. The Morgan fingerprint density at radius 2 is 1.94 bits per heavy atom. The van der Waals surface area contributed by atoms with Gasteiger partial charge >= 0.3 is 0 Å². The summed E-state index contributed by atoms with van der Waals surface area (Å²) in [6.45, 7) is 1.96. The SMILES string of the molecule is CNCCC(=O)NCCS(=O)(=O)N1CCSCC1. The van der Waals surface area contributed by atoms with Gasteiger partial charge in [-0.05, 0) is 7.05 Å². The summed E-state index contributed by atoms with van der Waals surface area (Å²) >= 11 is 1.77. The summed E-state index contributed by atoms with van der Waals surface area (Å²) in [5.41, 5.74) is 0. The summed E-state index contributed by atoms with van der Waals surface area (Å²) in [5.74, 6) is 1.58. The van der Waals surface area contributed by atoms with Gasteiger partial charge in [-0.25, -0.2) is 12.7 Å². The maximum Gasteiger partial charge on any atom is 0.221 e. The molecule has 106 valence electrons. The Hall–Kier alpha value is -0.310. The van der Waals surface area contributed by atoms with Crippen molar-refractivity contribution < 1.29 is 13.2 Å². The monoisotopic (exact) mass is 295 g/mol. The van der Waals surface area contributed by atoms with Crippen LogP contribution in [0.25, 0.3) is 0 Å². The number of amides is 1. The number of hydrogen-bond acceptors (Lipinski definition) is 5. The van der Waals surface area contributed by atoms with Crippen LogP contribution in [0.4, 0.5) is 0 Å². The van der Waals surface area contributed by atoms with Crippen LogP contribution in [0, 0.1) is 0 Å². The topological polar surface area (TPSA) is 78.5 Å². The van der Waals surface area contributed by atoms with Crippen LogP contribution in [0.5, 0.6) is 0 Å². The lowest BCUT2D eigenvalue weighted by atomic mass is 10.4. The van der Waals surface area contributed by atoms with Crippen molar-refractivity contribution in [3.8, 4) is 0 Å². The minimum atomic E-state index is -3.21. The molecule has 1 aliphatic rings. The highest BCUT2D eigenvalue weighted by molar-refractivity contribution is 7.99. The smallest absolute Gasteiger partial charge is 0.221 e. The Morgan fingerprint density at radius 3 is 2.56 bits per heavy atom. The van der Waals surface area contributed by atoms with Gasteiger partial charge < -0.3 is 10.6 Å². The maximum absolute atomic E-state index is 11.9. The molecular weight excluding hydrogens is 274 g/mol. The molecule has 0 radical (unpaired) electrons. The molecule has 0 aromatic carbocycles. The van der Waals surface area contributed by atoms with Crippen LogP contribution in [-0.4, -0.2) is 69.1 Å². The van der Waals surface area contributed by atoms with Crippen LogP contribution < -0.4 is 10.6 Å². The molecule has 6 nitrogen and oxygen atoms in total. The molecule has 0 aliphatic carbocycles. The molecule has 1 aliphatic heterocycles. The number of thioether (sulfide) groups is 1. The van der Waals surface area contributed by atoms with Crippen LogP contribution in [0.1, 0.15) is 6.42 Å². The molecule has 0 unspecified atom stereocenters. The second-order valence-corrected chi connectivity index (χ2v) is 7.34. The highest BCUT2D eigenvalue weighted by Gasteiger charge is 2.23. The molecular formula is C10H21N3O3S2. The van der Waals surface area contributed by atoms with Crippen molar-refractivity contribution >= 4 is 27.7 Å². The summed E-state index contributed by atoms with van der Waals surface area (Å²) in [6, 6.07) is 0. The standard InChI is InChI=1S/C10H21N3O3S2/c1-11-3-2-10(14)12-4-9-18(15,16)13-5-7-17-8-6-13/h11H,2-9H2,1H3,(H,12,14). The predicted molar refractivity (Wildman–Crippen MR) is 74.2 cm³/mol. The van der Waals surface area contributed by atoms with Crippen molar-refractivity contribution in [1.29, 1.82) is 0 Å². The quantitative estimate of drug-likeness (QED) is 0.636. The van der Waals surface area contributed by atoms with E-state index in [1.807, 2.05) is 0 Å². The van der Waals surface area contributed by atoms with E-state index in [2.05, 4.69) is 10.6 Å². The van der Waals surface area contributed by atoms with E-state index in [1.165, 1.54) is 4.31 Å². The van der Waals surface area contributed by atoms with Crippen LogP contribution in [0.15, 0.2) is 0 Å². The summed E-state index contributed by atoms with van der Waals surface area (Å²) in [7, 11) is -1.44. The van der Waals surface area contributed by atoms with E-state index in [0.717, 1.165) is 11.5 Å².